The maximum Gasteiger partial charge on any atom is 0.355 e. The number of halogens is 2. The van der Waals surface area contributed by atoms with Crippen molar-refractivity contribution in [1.29, 1.82) is 0 Å². The summed E-state index contributed by atoms with van der Waals surface area (Å²) in [6.07, 6.45) is 5.02. The number of carbonyl (C=O) groups excluding carboxylic acids is 1. The first-order chi connectivity index (χ1) is 21.6. The first-order valence-electron chi connectivity index (χ1n) is 15.3. The molecule has 0 unspecified atom stereocenters. The van der Waals surface area contributed by atoms with E-state index in [2.05, 4.69) is 16.5 Å². The molecule has 0 aliphatic carbocycles. The van der Waals surface area contributed by atoms with Gasteiger partial charge in [0, 0.05) is 31.4 Å². The summed E-state index contributed by atoms with van der Waals surface area (Å²) in [6, 6.07) is 7.01. The molecular formula is C34H36F2N6O3. The van der Waals surface area contributed by atoms with Gasteiger partial charge in [0.1, 0.15) is 23.1 Å². The molecule has 1 fully saturated rings. The van der Waals surface area contributed by atoms with Crippen molar-refractivity contribution in [3.05, 3.63) is 82.6 Å². The normalized spacial score (nSPS) is 18.5. The van der Waals surface area contributed by atoms with Crippen LogP contribution in [0.5, 0.6) is 5.75 Å². The number of fused-ring (bicyclic) bond motifs is 5. The summed E-state index contributed by atoms with van der Waals surface area (Å²) >= 11 is 0. The van der Waals surface area contributed by atoms with Gasteiger partial charge in [0.15, 0.2) is 11.5 Å². The summed E-state index contributed by atoms with van der Waals surface area (Å²) in [5, 5.41) is 0.289. The number of pyridine rings is 2. The Hall–Kier alpha value is -4.67. The lowest BCUT2D eigenvalue weighted by Gasteiger charge is -2.44. The minimum atomic E-state index is -0.780. The van der Waals surface area contributed by atoms with Crippen molar-refractivity contribution >= 4 is 22.8 Å². The lowest BCUT2D eigenvalue weighted by Crippen LogP contribution is -2.58. The number of anilines is 1. The number of aromatic nitrogens is 4. The molecule has 1 amide bonds. The smallest absolute Gasteiger partial charge is 0.355 e. The van der Waals surface area contributed by atoms with Gasteiger partial charge in [-0.3, -0.25) is 9.78 Å². The summed E-state index contributed by atoms with van der Waals surface area (Å²) in [5.41, 5.74) is 1.27. The molecule has 0 spiro atoms. The van der Waals surface area contributed by atoms with Gasteiger partial charge in [-0.2, -0.15) is 4.98 Å². The number of rotatable bonds is 3. The highest BCUT2D eigenvalue weighted by Gasteiger charge is 2.34. The van der Waals surface area contributed by atoms with Crippen LogP contribution in [0.3, 0.4) is 0 Å². The van der Waals surface area contributed by atoms with E-state index in [1.807, 2.05) is 38.7 Å². The maximum atomic E-state index is 16.2. The number of benzene rings is 1. The van der Waals surface area contributed by atoms with Gasteiger partial charge in [-0.05, 0) is 74.9 Å². The van der Waals surface area contributed by atoms with Crippen LogP contribution in [0.25, 0.3) is 28.0 Å². The molecule has 1 aromatic carbocycles. The number of amides is 1. The number of piperazine rings is 1. The van der Waals surface area contributed by atoms with Crippen LogP contribution in [-0.2, 0) is 11.2 Å². The molecule has 11 heteroatoms. The van der Waals surface area contributed by atoms with Gasteiger partial charge in [0.25, 0.3) is 0 Å². The predicted octanol–water partition coefficient (Wildman–Crippen LogP) is 5.57. The van der Waals surface area contributed by atoms with Crippen molar-refractivity contribution in [3.63, 3.8) is 0 Å². The van der Waals surface area contributed by atoms with Crippen LogP contribution in [0.4, 0.5) is 14.6 Å². The molecule has 0 radical (unpaired) electrons. The third-order valence-electron chi connectivity index (χ3n) is 8.57. The van der Waals surface area contributed by atoms with Crippen molar-refractivity contribution in [2.75, 3.05) is 24.6 Å². The van der Waals surface area contributed by atoms with Crippen LogP contribution in [0.2, 0.25) is 0 Å². The minimum absolute atomic E-state index is 0.0594. The number of carbonyl (C=O) groups is 1. The first kappa shape index (κ1) is 30.4. The second kappa shape index (κ2) is 12.0. The van der Waals surface area contributed by atoms with E-state index in [0.717, 1.165) is 12.0 Å². The van der Waals surface area contributed by atoms with Gasteiger partial charge in [-0.15, -0.1) is 0 Å². The Morgan fingerprint density at radius 2 is 1.84 bits per heavy atom. The summed E-state index contributed by atoms with van der Waals surface area (Å²) in [7, 11) is 0. The van der Waals surface area contributed by atoms with Crippen molar-refractivity contribution in [1.82, 2.24) is 24.4 Å². The van der Waals surface area contributed by atoms with E-state index in [9.17, 15) is 9.59 Å². The van der Waals surface area contributed by atoms with Gasteiger partial charge in [0.2, 0.25) is 5.91 Å². The Bertz CT molecular complexity index is 1860. The van der Waals surface area contributed by atoms with Gasteiger partial charge in [-0.1, -0.05) is 26.5 Å². The van der Waals surface area contributed by atoms with Gasteiger partial charge < -0.3 is 14.5 Å². The molecule has 1 saturated heterocycles. The second-order valence-electron chi connectivity index (χ2n) is 12.1. The van der Waals surface area contributed by atoms with E-state index < -0.39 is 17.3 Å². The van der Waals surface area contributed by atoms with E-state index in [-0.39, 0.29) is 57.8 Å². The first-order valence-corrected chi connectivity index (χ1v) is 15.3. The molecule has 2 aliphatic rings. The zero-order valence-corrected chi connectivity index (χ0v) is 25.9. The van der Waals surface area contributed by atoms with Crippen molar-refractivity contribution in [2.24, 2.45) is 0 Å². The molecule has 4 aromatic rings. The van der Waals surface area contributed by atoms with E-state index in [4.69, 9.17) is 9.72 Å². The monoisotopic (exact) mass is 614 g/mol. The average Bonchev–Trinajstić information content (AvgIpc) is 3.01. The van der Waals surface area contributed by atoms with Crippen LogP contribution >= 0.6 is 0 Å². The fourth-order valence-electron chi connectivity index (χ4n) is 6.61. The van der Waals surface area contributed by atoms with Crippen molar-refractivity contribution in [3.8, 4) is 22.7 Å². The molecule has 2 atom stereocenters. The van der Waals surface area contributed by atoms with Gasteiger partial charge >= 0.3 is 5.69 Å². The third kappa shape index (κ3) is 5.34. The summed E-state index contributed by atoms with van der Waals surface area (Å²) in [4.78, 5) is 44.4. The van der Waals surface area contributed by atoms with Crippen LogP contribution in [-0.4, -0.2) is 62.1 Å². The van der Waals surface area contributed by atoms with Crippen molar-refractivity contribution in [2.45, 2.75) is 65.0 Å². The Balaban J connectivity index is 1.68. The van der Waals surface area contributed by atoms with Crippen LogP contribution in [0.1, 0.15) is 57.7 Å². The molecule has 6 rings (SSSR count). The highest BCUT2D eigenvalue weighted by Crippen LogP contribution is 2.38. The maximum absolute atomic E-state index is 16.2. The average molecular weight is 615 g/mol. The zero-order chi connectivity index (χ0) is 32.0. The topological polar surface area (TPSA) is 93.5 Å². The zero-order valence-electron chi connectivity index (χ0n) is 25.9. The molecule has 0 saturated carbocycles. The number of nitrogens with zero attached hydrogens (tertiary/aromatic N) is 6. The molecule has 5 heterocycles. The Morgan fingerprint density at radius 1 is 1.09 bits per heavy atom. The standard InChI is InChI=1S/C34H36F2N6O3/c1-6-27(43)41-20(4)17-40(18-21(41)5)32-23-16-25(36)30-28-24(35)11-9-12-26(28)45-15-8-7-10-22-13-14-37-29(19(2)3)31(22)42(33(23)38-30)34(44)39-32/h6,9,11-14,16,19-21H,1,7-8,10,15,17-18H2,2-5H3/t20-,21+. The van der Waals surface area contributed by atoms with Crippen LogP contribution in [0.15, 0.2) is 54.0 Å². The molecule has 9 nitrogen and oxygen atoms in total. The highest BCUT2D eigenvalue weighted by atomic mass is 19.1. The number of hydrogen-bond donors (Lipinski definition) is 0. The fourth-order valence-corrected chi connectivity index (χ4v) is 6.61. The molecule has 45 heavy (non-hydrogen) atoms. The van der Waals surface area contributed by atoms with Gasteiger partial charge in [-0.25, -0.2) is 23.1 Å². The molecule has 2 aliphatic heterocycles. The van der Waals surface area contributed by atoms with E-state index in [1.54, 1.807) is 17.2 Å². The van der Waals surface area contributed by atoms with E-state index in [0.29, 0.717) is 43.9 Å². The van der Waals surface area contributed by atoms with Crippen LogP contribution < -0.4 is 15.3 Å². The summed E-state index contributed by atoms with van der Waals surface area (Å²) in [5.74, 6) is -1.29. The summed E-state index contributed by atoms with van der Waals surface area (Å²) < 4.78 is 39.1. The van der Waals surface area contributed by atoms with E-state index >= 15 is 8.78 Å². The fraction of sp³-hybridized carbons (Fsp3) is 0.382. The van der Waals surface area contributed by atoms with Crippen LogP contribution in [0, 0.1) is 11.6 Å². The number of ether oxygens (including phenoxy) is 1. The summed E-state index contributed by atoms with van der Waals surface area (Å²) in [6.45, 7) is 12.4. The van der Waals surface area contributed by atoms with Gasteiger partial charge in [0.05, 0.1) is 28.9 Å². The second-order valence-corrected chi connectivity index (χ2v) is 12.1. The lowest BCUT2D eigenvalue weighted by molar-refractivity contribution is -0.130. The Labute approximate surface area is 260 Å². The van der Waals surface area contributed by atoms with Crippen molar-refractivity contribution < 1.29 is 18.3 Å². The largest absolute Gasteiger partial charge is 0.493 e. The molecule has 0 N–H and O–H groups in total. The Kier molecular flexibility index (Phi) is 8.11. The van der Waals surface area contributed by atoms with E-state index in [1.165, 1.54) is 28.8 Å². The highest BCUT2D eigenvalue weighted by molar-refractivity contribution is 5.91. The number of aryl methyl sites for hydroxylation is 1. The molecule has 234 valence electrons. The minimum Gasteiger partial charge on any atom is -0.493 e. The molecule has 2 bridgehead atoms. The molecular weight excluding hydrogens is 578 g/mol. The Morgan fingerprint density at radius 3 is 2.56 bits per heavy atom. The predicted molar refractivity (Wildman–Crippen MR) is 169 cm³/mol. The lowest BCUT2D eigenvalue weighted by atomic mass is 10.00. The molecule has 3 aromatic heterocycles. The third-order valence-corrected chi connectivity index (χ3v) is 8.57. The number of hydrogen-bond acceptors (Lipinski definition) is 7. The quantitative estimate of drug-likeness (QED) is 0.279. The SMILES string of the molecule is C=CC(=O)N1[C@H](C)CN(c2nc(=O)n3c4nc(c(F)cc24)-c2c(F)cccc2OCCCCc2ccnc(C(C)C)c2-3)C[C@@H]1C.